The van der Waals surface area contributed by atoms with Crippen LogP contribution in [0.15, 0.2) is 59.4 Å². The smallest absolute Gasteiger partial charge is 0.267 e. The molecular weight excluding hydrogens is 486 g/mol. The summed E-state index contributed by atoms with van der Waals surface area (Å²) in [4.78, 5) is 44.9. The van der Waals surface area contributed by atoms with Crippen molar-refractivity contribution in [2.75, 3.05) is 39.8 Å². The van der Waals surface area contributed by atoms with E-state index in [0.717, 1.165) is 25.0 Å². The van der Waals surface area contributed by atoms with Crippen molar-refractivity contribution in [3.05, 3.63) is 75.4 Å². The molecule has 0 radical (unpaired) electrons. The summed E-state index contributed by atoms with van der Waals surface area (Å²) in [6, 6.07) is 16.5. The third-order valence-electron chi connectivity index (χ3n) is 6.64. The van der Waals surface area contributed by atoms with E-state index in [9.17, 15) is 14.4 Å². The lowest BCUT2D eigenvalue weighted by Gasteiger charge is -2.23. The lowest BCUT2D eigenvalue weighted by molar-refractivity contribution is 0.0780. The Labute approximate surface area is 220 Å². The van der Waals surface area contributed by atoms with Crippen LogP contribution in [0.1, 0.15) is 40.8 Å². The van der Waals surface area contributed by atoms with Gasteiger partial charge < -0.3 is 14.5 Å². The molecule has 0 spiro atoms. The van der Waals surface area contributed by atoms with Gasteiger partial charge in [0, 0.05) is 31.1 Å². The molecule has 0 saturated heterocycles. The van der Waals surface area contributed by atoms with E-state index in [4.69, 9.17) is 4.74 Å². The topological polar surface area (TPSA) is 71.8 Å². The molecule has 8 heteroatoms. The van der Waals surface area contributed by atoms with E-state index in [1.807, 2.05) is 37.3 Å². The van der Waals surface area contributed by atoms with Crippen molar-refractivity contribution in [3.63, 3.8) is 0 Å². The predicted octanol–water partition coefficient (Wildman–Crippen LogP) is 4.91. The number of nitrogens with zero attached hydrogens (tertiary/aromatic N) is 3. The van der Waals surface area contributed by atoms with Crippen molar-refractivity contribution in [2.24, 2.45) is 0 Å². The highest BCUT2D eigenvalue weighted by atomic mass is 32.1. The Morgan fingerprint density at radius 1 is 0.946 bits per heavy atom. The molecule has 0 aliphatic rings. The van der Waals surface area contributed by atoms with Gasteiger partial charge in [-0.15, -0.1) is 11.3 Å². The molecule has 194 valence electrons. The summed E-state index contributed by atoms with van der Waals surface area (Å²) in [6.45, 7) is 9.40. The molecule has 2 aromatic carbocycles. The third kappa shape index (κ3) is 5.31. The number of hydrogen-bond donors (Lipinski definition) is 0. The molecule has 0 fully saturated rings. The Morgan fingerprint density at radius 3 is 2.30 bits per heavy atom. The fourth-order valence-corrected chi connectivity index (χ4v) is 5.76. The summed E-state index contributed by atoms with van der Waals surface area (Å²) < 4.78 is 8.16. The number of likely N-dealkylation sites (N-methyl/N-ethyl adjacent to an activating group) is 2. The van der Waals surface area contributed by atoms with Crippen LogP contribution < -0.4 is 10.3 Å². The van der Waals surface area contributed by atoms with Crippen LogP contribution in [0.25, 0.3) is 21.0 Å². The summed E-state index contributed by atoms with van der Waals surface area (Å²) in [5.41, 5.74) is 0.865. The molecule has 4 rings (SSSR count). The lowest BCUT2D eigenvalue weighted by atomic mass is 10.1. The van der Waals surface area contributed by atoms with Gasteiger partial charge in [0.15, 0.2) is 11.5 Å². The molecule has 0 N–H and O–H groups in total. The first kappa shape index (κ1) is 26.6. The molecule has 4 aromatic rings. The van der Waals surface area contributed by atoms with E-state index < -0.39 is 0 Å². The first-order chi connectivity index (χ1) is 17.9. The van der Waals surface area contributed by atoms with Gasteiger partial charge in [-0.05, 0) is 26.1 Å². The number of pyridine rings is 1. The van der Waals surface area contributed by atoms with Crippen LogP contribution in [0.2, 0.25) is 0 Å². The average Bonchev–Trinajstić information content (AvgIpc) is 3.31. The van der Waals surface area contributed by atoms with Gasteiger partial charge in [-0.25, -0.2) is 0 Å². The molecular formula is C29H33N3O4S. The number of rotatable bonds is 11. The SMILES string of the molecule is CCOc1c(C(=O)N(C)CCN(CC)CC)sc2c1c(=O)n(CC(=O)c1ccccc1)c1ccccc21. The number of amides is 1. The Bertz CT molecular complexity index is 1470. The molecule has 2 heterocycles. The standard InChI is InChI=1S/C29H33N3O4S/c1-5-31(6-2)18-17-30(4)29(35)27-25(36-7-3)24-26(37-27)21-15-11-12-16-22(21)32(28(24)34)19-23(33)20-13-9-8-10-14-20/h8-16H,5-7,17-19H2,1-4H3. The number of para-hydroxylation sites is 1. The molecule has 0 aliphatic carbocycles. The van der Waals surface area contributed by atoms with E-state index >= 15 is 0 Å². The maximum absolute atomic E-state index is 13.9. The third-order valence-corrected chi connectivity index (χ3v) is 7.83. The maximum atomic E-state index is 13.9. The minimum atomic E-state index is -0.331. The minimum absolute atomic E-state index is 0.103. The Hall–Kier alpha value is -3.49. The summed E-state index contributed by atoms with van der Waals surface area (Å²) >= 11 is 1.29. The zero-order valence-corrected chi connectivity index (χ0v) is 22.6. The average molecular weight is 520 g/mol. The van der Waals surface area contributed by atoms with Crippen molar-refractivity contribution < 1.29 is 14.3 Å². The summed E-state index contributed by atoms with van der Waals surface area (Å²) in [6.07, 6.45) is 0. The van der Waals surface area contributed by atoms with Gasteiger partial charge in [-0.2, -0.15) is 0 Å². The van der Waals surface area contributed by atoms with Gasteiger partial charge in [-0.1, -0.05) is 62.4 Å². The number of Topliss-reactive ketones (excluding diaryl/α,β-unsaturated/α-hetero) is 1. The largest absolute Gasteiger partial charge is 0.491 e. The van der Waals surface area contributed by atoms with Crippen LogP contribution in [0.3, 0.4) is 0 Å². The first-order valence-corrected chi connectivity index (χ1v) is 13.5. The summed E-state index contributed by atoms with van der Waals surface area (Å²) in [5, 5.41) is 1.17. The fraction of sp³-hybridized carbons (Fsp3) is 0.345. The number of thiophene rings is 1. The van der Waals surface area contributed by atoms with Crippen LogP contribution in [0.4, 0.5) is 0 Å². The minimum Gasteiger partial charge on any atom is -0.491 e. The van der Waals surface area contributed by atoms with E-state index in [1.54, 1.807) is 36.2 Å². The highest BCUT2D eigenvalue weighted by molar-refractivity contribution is 7.22. The Morgan fingerprint density at radius 2 is 1.62 bits per heavy atom. The highest BCUT2D eigenvalue weighted by Gasteiger charge is 2.27. The van der Waals surface area contributed by atoms with Gasteiger partial charge in [0.05, 0.1) is 23.4 Å². The number of benzene rings is 2. The second kappa shape index (κ2) is 11.7. The molecule has 0 aliphatic heterocycles. The van der Waals surface area contributed by atoms with E-state index in [0.29, 0.717) is 44.9 Å². The first-order valence-electron chi connectivity index (χ1n) is 12.7. The van der Waals surface area contributed by atoms with Gasteiger partial charge in [0.1, 0.15) is 10.3 Å². The Balaban J connectivity index is 1.84. The van der Waals surface area contributed by atoms with Crippen LogP contribution in [-0.4, -0.2) is 65.9 Å². The van der Waals surface area contributed by atoms with Crippen molar-refractivity contribution in [3.8, 4) is 5.75 Å². The van der Waals surface area contributed by atoms with Gasteiger partial charge in [0.2, 0.25) is 0 Å². The fourth-order valence-electron chi connectivity index (χ4n) is 4.49. The zero-order valence-electron chi connectivity index (χ0n) is 21.8. The molecule has 37 heavy (non-hydrogen) atoms. The Kier molecular flexibility index (Phi) is 8.41. The quantitative estimate of drug-likeness (QED) is 0.263. The van der Waals surface area contributed by atoms with Crippen molar-refractivity contribution in [1.82, 2.24) is 14.4 Å². The normalized spacial score (nSPS) is 11.4. The van der Waals surface area contributed by atoms with Crippen LogP contribution >= 0.6 is 11.3 Å². The number of carbonyl (C=O) groups excluding carboxylic acids is 2. The molecule has 0 saturated carbocycles. The second-order valence-electron chi connectivity index (χ2n) is 8.85. The number of fused-ring (bicyclic) bond motifs is 3. The monoisotopic (exact) mass is 519 g/mol. The maximum Gasteiger partial charge on any atom is 0.267 e. The van der Waals surface area contributed by atoms with Crippen LogP contribution in [0, 0.1) is 0 Å². The molecule has 0 unspecified atom stereocenters. The lowest BCUT2D eigenvalue weighted by Crippen LogP contribution is -2.36. The van der Waals surface area contributed by atoms with Crippen molar-refractivity contribution in [2.45, 2.75) is 27.3 Å². The molecule has 0 atom stereocenters. The van der Waals surface area contributed by atoms with E-state index in [2.05, 4.69) is 18.7 Å². The second-order valence-corrected chi connectivity index (χ2v) is 9.87. The van der Waals surface area contributed by atoms with Crippen molar-refractivity contribution >= 4 is 44.0 Å². The number of ether oxygens (including phenoxy) is 1. The molecule has 2 aromatic heterocycles. The number of hydrogen-bond acceptors (Lipinski definition) is 6. The number of carbonyl (C=O) groups is 2. The van der Waals surface area contributed by atoms with E-state index in [1.165, 1.54) is 15.9 Å². The zero-order chi connectivity index (χ0) is 26.5. The van der Waals surface area contributed by atoms with Crippen molar-refractivity contribution in [1.29, 1.82) is 0 Å². The number of ketones is 1. The van der Waals surface area contributed by atoms with Gasteiger partial charge >= 0.3 is 0 Å². The van der Waals surface area contributed by atoms with Gasteiger partial charge in [0.25, 0.3) is 11.5 Å². The van der Waals surface area contributed by atoms with Crippen LogP contribution in [0.5, 0.6) is 5.75 Å². The molecule has 1 amide bonds. The summed E-state index contributed by atoms with van der Waals surface area (Å²) in [7, 11) is 1.78. The number of aromatic nitrogens is 1. The highest BCUT2D eigenvalue weighted by Crippen LogP contribution is 2.40. The summed E-state index contributed by atoms with van der Waals surface area (Å²) in [5.74, 6) is -0.0288. The van der Waals surface area contributed by atoms with E-state index in [-0.39, 0.29) is 23.8 Å². The molecule has 0 bridgehead atoms. The predicted molar refractivity (Wildman–Crippen MR) is 150 cm³/mol. The van der Waals surface area contributed by atoms with Crippen LogP contribution in [-0.2, 0) is 6.54 Å². The van der Waals surface area contributed by atoms with Gasteiger partial charge in [-0.3, -0.25) is 19.0 Å². The molecule has 7 nitrogen and oxygen atoms in total.